The van der Waals surface area contributed by atoms with Gasteiger partial charge in [0.15, 0.2) is 0 Å². The Labute approximate surface area is 195 Å². The Hall–Kier alpha value is -3.74. The number of alkyl halides is 3. The van der Waals surface area contributed by atoms with Crippen molar-refractivity contribution in [1.29, 1.82) is 0 Å². The summed E-state index contributed by atoms with van der Waals surface area (Å²) >= 11 is 0. The van der Waals surface area contributed by atoms with Crippen molar-refractivity contribution in [3.05, 3.63) is 107 Å². The second-order valence-corrected chi connectivity index (χ2v) is 9.12. The SMILES string of the molecule is CC(C)(C)c1cccnc1[C@@H](NC(=O)c1ccc2cccnc2c1)c1ccc(C(F)(F)F)cc1. The molecule has 7 heteroatoms. The lowest BCUT2D eigenvalue weighted by Gasteiger charge is -2.27. The molecule has 0 aliphatic carbocycles. The first-order valence-corrected chi connectivity index (χ1v) is 10.8. The molecule has 4 aromatic rings. The summed E-state index contributed by atoms with van der Waals surface area (Å²) in [6.45, 7) is 6.07. The average Bonchev–Trinajstić information content (AvgIpc) is 2.81. The third-order valence-electron chi connectivity index (χ3n) is 5.63. The summed E-state index contributed by atoms with van der Waals surface area (Å²) in [7, 11) is 0. The third kappa shape index (κ3) is 4.93. The Morgan fingerprint density at radius 2 is 1.56 bits per heavy atom. The minimum absolute atomic E-state index is 0.300. The van der Waals surface area contributed by atoms with Crippen molar-refractivity contribution in [2.75, 3.05) is 0 Å². The van der Waals surface area contributed by atoms with E-state index in [9.17, 15) is 18.0 Å². The minimum Gasteiger partial charge on any atom is -0.340 e. The average molecular weight is 464 g/mol. The summed E-state index contributed by atoms with van der Waals surface area (Å²) in [5, 5.41) is 3.89. The van der Waals surface area contributed by atoms with Gasteiger partial charge in [0, 0.05) is 23.3 Å². The molecule has 0 aliphatic heterocycles. The molecule has 0 unspecified atom stereocenters. The van der Waals surface area contributed by atoms with Gasteiger partial charge in [-0.2, -0.15) is 13.2 Å². The number of carbonyl (C=O) groups excluding carboxylic acids is 1. The van der Waals surface area contributed by atoms with E-state index in [1.807, 2.05) is 51.1 Å². The number of hydrogen-bond acceptors (Lipinski definition) is 3. The summed E-state index contributed by atoms with van der Waals surface area (Å²) in [6, 6.07) is 16.7. The van der Waals surface area contributed by atoms with Crippen molar-refractivity contribution in [2.45, 2.75) is 38.4 Å². The normalized spacial score (nSPS) is 13.0. The smallest absolute Gasteiger partial charge is 0.340 e. The van der Waals surface area contributed by atoms with Crippen LogP contribution in [-0.2, 0) is 11.6 Å². The van der Waals surface area contributed by atoms with Crippen LogP contribution >= 0.6 is 0 Å². The van der Waals surface area contributed by atoms with Gasteiger partial charge in [-0.05, 0) is 52.9 Å². The van der Waals surface area contributed by atoms with E-state index in [0.29, 0.717) is 22.3 Å². The summed E-state index contributed by atoms with van der Waals surface area (Å²) in [5.74, 6) is -0.372. The van der Waals surface area contributed by atoms with Gasteiger partial charge >= 0.3 is 6.18 Å². The van der Waals surface area contributed by atoms with Crippen LogP contribution < -0.4 is 5.32 Å². The monoisotopic (exact) mass is 463 g/mol. The number of halogens is 3. The van der Waals surface area contributed by atoms with E-state index in [2.05, 4.69) is 15.3 Å². The van der Waals surface area contributed by atoms with E-state index in [0.717, 1.165) is 23.1 Å². The molecule has 2 aromatic heterocycles. The van der Waals surface area contributed by atoms with E-state index in [4.69, 9.17) is 0 Å². The van der Waals surface area contributed by atoms with Crippen LogP contribution in [-0.4, -0.2) is 15.9 Å². The fourth-order valence-electron chi connectivity index (χ4n) is 3.88. The fourth-order valence-corrected chi connectivity index (χ4v) is 3.88. The van der Waals surface area contributed by atoms with Crippen LogP contribution in [0, 0.1) is 0 Å². The van der Waals surface area contributed by atoms with Crippen molar-refractivity contribution < 1.29 is 18.0 Å². The molecule has 1 N–H and O–H groups in total. The maximum Gasteiger partial charge on any atom is 0.416 e. The number of nitrogens with one attached hydrogen (secondary N) is 1. The van der Waals surface area contributed by atoms with E-state index in [1.54, 1.807) is 24.5 Å². The third-order valence-corrected chi connectivity index (χ3v) is 5.63. The van der Waals surface area contributed by atoms with Crippen molar-refractivity contribution >= 4 is 16.8 Å². The van der Waals surface area contributed by atoms with Gasteiger partial charge in [-0.15, -0.1) is 0 Å². The Kier molecular flexibility index (Phi) is 6.13. The van der Waals surface area contributed by atoms with Gasteiger partial charge in [0.2, 0.25) is 0 Å². The van der Waals surface area contributed by atoms with Gasteiger partial charge in [-0.25, -0.2) is 0 Å². The molecule has 0 aliphatic rings. The number of hydrogen-bond donors (Lipinski definition) is 1. The standard InChI is InChI=1S/C27H24F3N3O/c1-26(2,3)21-7-5-15-32-24(21)23(18-10-12-20(13-11-18)27(28,29)30)33-25(34)19-9-8-17-6-4-14-31-22(17)16-19/h4-16,23H,1-3H3,(H,33,34)/t23-/m0/s1. The molecule has 0 bridgehead atoms. The fraction of sp³-hybridized carbons (Fsp3) is 0.222. The topological polar surface area (TPSA) is 54.9 Å². The van der Waals surface area contributed by atoms with Gasteiger partial charge in [0.05, 0.1) is 22.8 Å². The van der Waals surface area contributed by atoms with Gasteiger partial charge < -0.3 is 5.32 Å². The second kappa shape index (κ2) is 8.89. The molecule has 34 heavy (non-hydrogen) atoms. The lowest BCUT2D eigenvalue weighted by molar-refractivity contribution is -0.137. The predicted molar refractivity (Wildman–Crippen MR) is 125 cm³/mol. The van der Waals surface area contributed by atoms with Crippen LogP contribution in [0.5, 0.6) is 0 Å². The lowest BCUT2D eigenvalue weighted by Crippen LogP contribution is -2.32. The number of aromatic nitrogens is 2. The van der Waals surface area contributed by atoms with Crippen LogP contribution in [0.4, 0.5) is 13.2 Å². The van der Waals surface area contributed by atoms with Crippen molar-refractivity contribution in [3.8, 4) is 0 Å². The number of nitrogens with zero attached hydrogens (tertiary/aromatic N) is 2. The summed E-state index contributed by atoms with van der Waals surface area (Å²) < 4.78 is 39.4. The van der Waals surface area contributed by atoms with Gasteiger partial charge in [-0.1, -0.05) is 51.1 Å². The molecule has 0 radical (unpaired) electrons. The lowest BCUT2D eigenvalue weighted by atomic mass is 9.83. The summed E-state index contributed by atoms with van der Waals surface area (Å²) in [4.78, 5) is 22.1. The Bertz CT molecular complexity index is 1330. The highest BCUT2D eigenvalue weighted by molar-refractivity contribution is 5.98. The molecule has 4 rings (SSSR count). The molecule has 174 valence electrons. The van der Waals surface area contributed by atoms with E-state index >= 15 is 0 Å². The van der Waals surface area contributed by atoms with Crippen LogP contribution in [0.25, 0.3) is 10.9 Å². The molecule has 0 saturated carbocycles. The molecule has 2 aromatic carbocycles. The molecular weight excluding hydrogens is 439 g/mol. The van der Waals surface area contributed by atoms with E-state index < -0.39 is 17.8 Å². The molecular formula is C27H24F3N3O. The molecule has 0 saturated heterocycles. The molecule has 1 atom stereocenters. The first-order chi connectivity index (χ1) is 16.0. The highest BCUT2D eigenvalue weighted by Crippen LogP contribution is 2.34. The maximum atomic E-state index is 13.3. The maximum absolute atomic E-state index is 13.3. The minimum atomic E-state index is -4.45. The summed E-state index contributed by atoms with van der Waals surface area (Å²) in [5.41, 5.74) is 2.00. The Morgan fingerprint density at radius 1 is 0.882 bits per heavy atom. The number of pyridine rings is 2. The van der Waals surface area contributed by atoms with E-state index in [1.165, 1.54) is 12.1 Å². The highest BCUT2D eigenvalue weighted by atomic mass is 19.4. The zero-order valence-corrected chi connectivity index (χ0v) is 19.0. The number of fused-ring (bicyclic) bond motifs is 1. The van der Waals surface area contributed by atoms with Crippen molar-refractivity contribution in [2.24, 2.45) is 0 Å². The molecule has 1 amide bonds. The van der Waals surface area contributed by atoms with Gasteiger partial charge in [0.1, 0.15) is 0 Å². The largest absolute Gasteiger partial charge is 0.416 e. The number of amides is 1. The molecule has 0 spiro atoms. The summed E-state index contributed by atoms with van der Waals surface area (Å²) in [6.07, 6.45) is -1.18. The van der Waals surface area contributed by atoms with E-state index in [-0.39, 0.29) is 11.3 Å². The van der Waals surface area contributed by atoms with Crippen LogP contribution in [0.1, 0.15) is 59.6 Å². The highest BCUT2D eigenvalue weighted by Gasteiger charge is 2.31. The zero-order chi connectivity index (χ0) is 24.5. The second-order valence-electron chi connectivity index (χ2n) is 9.12. The number of carbonyl (C=O) groups is 1. The number of benzene rings is 2. The Balaban J connectivity index is 1.77. The zero-order valence-electron chi connectivity index (χ0n) is 19.0. The predicted octanol–water partition coefficient (Wildman–Crippen LogP) is 6.47. The number of rotatable bonds is 4. The van der Waals surface area contributed by atoms with Crippen LogP contribution in [0.2, 0.25) is 0 Å². The molecule has 0 fully saturated rings. The van der Waals surface area contributed by atoms with Crippen molar-refractivity contribution in [1.82, 2.24) is 15.3 Å². The van der Waals surface area contributed by atoms with Crippen molar-refractivity contribution in [3.63, 3.8) is 0 Å². The molecule has 2 heterocycles. The molecule has 4 nitrogen and oxygen atoms in total. The van der Waals surface area contributed by atoms with Crippen LogP contribution in [0.15, 0.2) is 79.1 Å². The first kappa shape index (κ1) is 23.4. The first-order valence-electron chi connectivity index (χ1n) is 10.8. The Morgan fingerprint density at radius 3 is 2.24 bits per heavy atom. The van der Waals surface area contributed by atoms with Gasteiger partial charge in [0.25, 0.3) is 5.91 Å². The quantitative estimate of drug-likeness (QED) is 0.378. The van der Waals surface area contributed by atoms with Gasteiger partial charge in [-0.3, -0.25) is 14.8 Å². The van der Waals surface area contributed by atoms with Crippen LogP contribution in [0.3, 0.4) is 0 Å².